The van der Waals surface area contributed by atoms with Gasteiger partial charge in [0.2, 0.25) is 5.91 Å². The largest absolute Gasteiger partial charge is 0.508 e. The number of ether oxygens (including phenoxy) is 2. The van der Waals surface area contributed by atoms with E-state index in [0.29, 0.717) is 24.3 Å². The molecule has 132 valence electrons. The Morgan fingerprint density at radius 1 is 1.12 bits per heavy atom. The Bertz CT molecular complexity index is 727. The highest BCUT2D eigenvalue weighted by Gasteiger charge is 2.04. The molecule has 0 aliphatic rings. The van der Waals surface area contributed by atoms with Crippen molar-refractivity contribution in [1.82, 2.24) is 5.43 Å². The maximum absolute atomic E-state index is 11.8. The summed E-state index contributed by atoms with van der Waals surface area (Å²) in [5.41, 5.74) is 4.39. The van der Waals surface area contributed by atoms with Crippen LogP contribution >= 0.6 is 0 Å². The number of phenols is 1. The van der Waals surface area contributed by atoms with Crippen LogP contribution in [0.1, 0.15) is 24.0 Å². The van der Waals surface area contributed by atoms with Gasteiger partial charge in [-0.1, -0.05) is 12.1 Å². The first kappa shape index (κ1) is 18.3. The summed E-state index contributed by atoms with van der Waals surface area (Å²) in [5.74, 6) is 1.34. The van der Waals surface area contributed by atoms with Crippen molar-refractivity contribution in [3.8, 4) is 17.2 Å². The number of aromatic hydroxyl groups is 1. The van der Waals surface area contributed by atoms with Crippen molar-refractivity contribution in [2.75, 3.05) is 14.2 Å². The first-order chi connectivity index (χ1) is 12.1. The number of carbonyl (C=O) groups excluding carboxylic acids is 1. The molecule has 2 rings (SSSR count). The fraction of sp³-hybridized carbons (Fsp3) is 0.263. The van der Waals surface area contributed by atoms with E-state index in [1.807, 2.05) is 18.2 Å². The van der Waals surface area contributed by atoms with Gasteiger partial charge in [0, 0.05) is 6.42 Å². The predicted molar refractivity (Wildman–Crippen MR) is 96.3 cm³/mol. The second-order valence-electron chi connectivity index (χ2n) is 5.43. The molecule has 1 amide bonds. The minimum absolute atomic E-state index is 0.143. The summed E-state index contributed by atoms with van der Waals surface area (Å²) >= 11 is 0. The van der Waals surface area contributed by atoms with Gasteiger partial charge in [0.05, 0.1) is 20.4 Å². The quantitative estimate of drug-likeness (QED) is 0.571. The molecular formula is C19H22N2O4. The maximum Gasteiger partial charge on any atom is 0.240 e. The summed E-state index contributed by atoms with van der Waals surface area (Å²) in [4.78, 5) is 11.8. The smallest absolute Gasteiger partial charge is 0.240 e. The number of hydrogen-bond acceptors (Lipinski definition) is 5. The van der Waals surface area contributed by atoms with E-state index in [2.05, 4.69) is 10.5 Å². The highest BCUT2D eigenvalue weighted by molar-refractivity contribution is 5.83. The Morgan fingerprint density at radius 2 is 1.84 bits per heavy atom. The van der Waals surface area contributed by atoms with E-state index >= 15 is 0 Å². The van der Waals surface area contributed by atoms with Gasteiger partial charge < -0.3 is 14.6 Å². The molecule has 0 atom stereocenters. The molecule has 0 spiro atoms. The molecule has 0 saturated heterocycles. The van der Waals surface area contributed by atoms with Crippen molar-refractivity contribution in [3.05, 3.63) is 53.6 Å². The zero-order valence-corrected chi connectivity index (χ0v) is 14.4. The molecule has 0 radical (unpaired) electrons. The molecule has 6 heteroatoms. The average molecular weight is 342 g/mol. The average Bonchev–Trinajstić information content (AvgIpc) is 2.63. The van der Waals surface area contributed by atoms with Crippen molar-refractivity contribution >= 4 is 12.1 Å². The summed E-state index contributed by atoms with van der Waals surface area (Å²) in [5, 5.41) is 13.2. The van der Waals surface area contributed by atoms with Crippen LogP contribution < -0.4 is 14.9 Å². The van der Waals surface area contributed by atoms with Crippen LogP contribution in [-0.2, 0) is 11.2 Å². The third kappa shape index (κ3) is 5.84. The molecule has 0 aliphatic heterocycles. The van der Waals surface area contributed by atoms with Gasteiger partial charge in [-0.05, 0) is 54.3 Å². The molecule has 0 saturated carbocycles. The fourth-order valence-corrected chi connectivity index (χ4v) is 2.28. The molecule has 0 aromatic heterocycles. The van der Waals surface area contributed by atoms with Crippen LogP contribution in [0.2, 0.25) is 0 Å². The first-order valence-corrected chi connectivity index (χ1v) is 7.94. The molecule has 0 fully saturated rings. The van der Waals surface area contributed by atoms with Crippen LogP contribution in [0.15, 0.2) is 47.6 Å². The maximum atomic E-state index is 11.8. The molecule has 2 aromatic carbocycles. The summed E-state index contributed by atoms with van der Waals surface area (Å²) in [6.45, 7) is 0. The van der Waals surface area contributed by atoms with Gasteiger partial charge in [-0.25, -0.2) is 5.43 Å². The summed E-state index contributed by atoms with van der Waals surface area (Å²) in [7, 11) is 3.14. The van der Waals surface area contributed by atoms with E-state index in [0.717, 1.165) is 17.5 Å². The van der Waals surface area contributed by atoms with Crippen molar-refractivity contribution in [1.29, 1.82) is 0 Å². The number of nitrogens with zero attached hydrogens (tertiary/aromatic N) is 1. The number of hydrogen-bond donors (Lipinski definition) is 2. The third-order valence-corrected chi connectivity index (χ3v) is 3.62. The second-order valence-corrected chi connectivity index (χ2v) is 5.43. The number of hydrazone groups is 1. The number of benzene rings is 2. The lowest BCUT2D eigenvalue weighted by Crippen LogP contribution is -2.17. The van der Waals surface area contributed by atoms with Gasteiger partial charge in [0.15, 0.2) is 11.5 Å². The van der Waals surface area contributed by atoms with Gasteiger partial charge in [0.1, 0.15) is 5.75 Å². The van der Waals surface area contributed by atoms with Crippen molar-refractivity contribution in [2.45, 2.75) is 19.3 Å². The second kappa shape index (κ2) is 9.32. The lowest BCUT2D eigenvalue weighted by Gasteiger charge is -2.07. The van der Waals surface area contributed by atoms with Crippen molar-refractivity contribution < 1.29 is 19.4 Å². The van der Waals surface area contributed by atoms with Crippen LogP contribution in [0.25, 0.3) is 0 Å². The summed E-state index contributed by atoms with van der Waals surface area (Å²) < 4.78 is 10.4. The summed E-state index contributed by atoms with van der Waals surface area (Å²) in [6, 6.07) is 12.4. The highest BCUT2D eigenvalue weighted by atomic mass is 16.5. The lowest BCUT2D eigenvalue weighted by atomic mass is 10.1. The number of amides is 1. The van der Waals surface area contributed by atoms with E-state index in [9.17, 15) is 9.90 Å². The van der Waals surface area contributed by atoms with Gasteiger partial charge in [-0.2, -0.15) is 5.10 Å². The van der Waals surface area contributed by atoms with Crippen molar-refractivity contribution in [2.24, 2.45) is 5.10 Å². The summed E-state index contributed by atoms with van der Waals surface area (Å²) in [6.07, 6.45) is 3.42. The van der Waals surface area contributed by atoms with Gasteiger partial charge >= 0.3 is 0 Å². The zero-order valence-electron chi connectivity index (χ0n) is 14.4. The van der Waals surface area contributed by atoms with Crippen LogP contribution in [0.4, 0.5) is 0 Å². The Hall–Kier alpha value is -3.02. The van der Waals surface area contributed by atoms with Gasteiger partial charge in [0.25, 0.3) is 0 Å². The Morgan fingerprint density at radius 3 is 2.52 bits per heavy atom. The molecule has 0 aliphatic carbocycles. The van der Waals surface area contributed by atoms with Gasteiger partial charge in [-0.3, -0.25) is 4.79 Å². The van der Waals surface area contributed by atoms with E-state index in [4.69, 9.17) is 9.47 Å². The van der Waals surface area contributed by atoms with Crippen LogP contribution in [0.3, 0.4) is 0 Å². The van der Waals surface area contributed by atoms with Gasteiger partial charge in [-0.15, -0.1) is 0 Å². The SMILES string of the molecule is COc1ccc(/C=N\NC(=O)CCCc2ccc(O)cc2)cc1OC. The van der Waals surface area contributed by atoms with Crippen LogP contribution in [-0.4, -0.2) is 31.4 Å². The van der Waals surface area contributed by atoms with E-state index < -0.39 is 0 Å². The molecule has 0 unspecified atom stereocenters. The van der Waals surface area contributed by atoms with Crippen LogP contribution in [0.5, 0.6) is 17.2 Å². The Labute approximate surface area is 147 Å². The molecule has 6 nitrogen and oxygen atoms in total. The van der Waals surface area contributed by atoms with E-state index in [1.165, 1.54) is 0 Å². The number of nitrogens with one attached hydrogen (secondary N) is 1. The van der Waals surface area contributed by atoms with Crippen molar-refractivity contribution in [3.63, 3.8) is 0 Å². The third-order valence-electron chi connectivity index (χ3n) is 3.62. The molecule has 2 N–H and O–H groups in total. The Balaban J connectivity index is 1.77. The molecular weight excluding hydrogens is 320 g/mol. The zero-order chi connectivity index (χ0) is 18.1. The molecule has 25 heavy (non-hydrogen) atoms. The highest BCUT2D eigenvalue weighted by Crippen LogP contribution is 2.26. The molecule has 2 aromatic rings. The normalized spacial score (nSPS) is 10.6. The van der Waals surface area contributed by atoms with E-state index in [1.54, 1.807) is 44.7 Å². The lowest BCUT2D eigenvalue weighted by molar-refractivity contribution is -0.121. The number of methoxy groups -OCH3 is 2. The fourth-order valence-electron chi connectivity index (χ4n) is 2.28. The minimum Gasteiger partial charge on any atom is -0.508 e. The standard InChI is InChI=1S/C19H22N2O4/c1-24-17-11-8-15(12-18(17)25-2)13-20-21-19(23)5-3-4-14-6-9-16(22)10-7-14/h6-13,22H,3-5H2,1-2H3,(H,21,23)/b20-13-. The van der Waals surface area contributed by atoms with Crippen LogP contribution in [0, 0.1) is 0 Å². The van der Waals surface area contributed by atoms with E-state index in [-0.39, 0.29) is 11.7 Å². The number of aryl methyl sites for hydroxylation is 1. The predicted octanol–water partition coefficient (Wildman–Crippen LogP) is 2.88. The monoisotopic (exact) mass is 342 g/mol. The molecule has 0 bridgehead atoms. The topological polar surface area (TPSA) is 80.2 Å². The Kier molecular flexibility index (Phi) is 6.83. The number of carbonyl (C=O) groups is 1. The molecule has 0 heterocycles. The number of rotatable bonds is 8. The first-order valence-electron chi connectivity index (χ1n) is 7.94. The number of phenolic OH excluding ortho intramolecular Hbond substituents is 1. The minimum atomic E-state index is -0.143.